The van der Waals surface area contributed by atoms with E-state index in [0.29, 0.717) is 19.6 Å². The second kappa shape index (κ2) is 7.73. The van der Waals surface area contributed by atoms with Gasteiger partial charge < -0.3 is 15.2 Å². The molecule has 0 aromatic rings. The normalized spacial score (nSPS) is 28.1. The molecule has 0 aliphatic heterocycles. The van der Waals surface area contributed by atoms with Crippen molar-refractivity contribution in [1.29, 1.82) is 5.26 Å². The van der Waals surface area contributed by atoms with Crippen LogP contribution in [0.4, 0.5) is 0 Å². The highest BCUT2D eigenvalue weighted by molar-refractivity contribution is 4.94. The van der Waals surface area contributed by atoms with Gasteiger partial charge in [-0.25, -0.2) is 0 Å². The van der Waals surface area contributed by atoms with Crippen LogP contribution in [0.1, 0.15) is 45.4 Å². The topological polar surface area (TPSA) is 65.3 Å². The third-order valence-electron chi connectivity index (χ3n) is 3.77. The molecule has 3 unspecified atom stereocenters. The standard InChI is InChI=1S/C14H26N2O2/c1-14(17,8-9-18-2)11-16-13-7-5-3-4-6-12(13)10-15/h12-13,16-17H,3-9,11H2,1-2H3. The molecule has 0 heterocycles. The number of nitriles is 1. The Morgan fingerprint density at radius 3 is 2.78 bits per heavy atom. The lowest BCUT2D eigenvalue weighted by Crippen LogP contribution is -2.45. The first-order valence-corrected chi connectivity index (χ1v) is 6.93. The van der Waals surface area contributed by atoms with Crippen LogP contribution in [0.2, 0.25) is 0 Å². The Labute approximate surface area is 110 Å². The Kier molecular flexibility index (Phi) is 6.62. The summed E-state index contributed by atoms with van der Waals surface area (Å²) in [5.41, 5.74) is -0.762. The van der Waals surface area contributed by atoms with E-state index in [-0.39, 0.29) is 12.0 Å². The fourth-order valence-corrected chi connectivity index (χ4v) is 2.47. The predicted octanol–water partition coefficient (Wildman–Crippen LogP) is 1.84. The number of ether oxygens (including phenoxy) is 1. The molecule has 1 saturated carbocycles. The molecule has 18 heavy (non-hydrogen) atoms. The van der Waals surface area contributed by atoms with Gasteiger partial charge in [-0.2, -0.15) is 5.26 Å². The van der Waals surface area contributed by atoms with Gasteiger partial charge in [-0.05, 0) is 19.8 Å². The van der Waals surface area contributed by atoms with Gasteiger partial charge in [-0.3, -0.25) is 0 Å². The van der Waals surface area contributed by atoms with Crippen molar-refractivity contribution >= 4 is 0 Å². The van der Waals surface area contributed by atoms with E-state index in [2.05, 4.69) is 11.4 Å². The summed E-state index contributed by atoms with van der Waals surface area (Å²) < 4.78 is 4.99. The second-order valence-electron chi connectivity index (χ2n) is 5.60. The van der Waals surface area contributed by atoms with Gasteiger partial charge in [0, 0.05) is 32.7 Å². The average molecular weight is 254 g/mol. The number of nitrogens with zero attached hydrogens (tertiary/aromatic N) is 1. The smallest absolute Gasteiger partial charge is 0.0765 e. The number of nitrogens with one attached hydrogen (secondary N) is 1. The molecule has 0 radical (unpaired) electrons. The van der Waals surface area contributed by atoms with Gasteiger partial charge in [0.2, 0.25) is 0 Å². The summed E-state index contributed by atoms with van der Waals surface area (Å²) in [5.74, 6) is 0.0886. The Morgan fingerprint density at radius 2 is 2.11 bits per heavy atom. The molecule has 0 amide bonds. The van der Waals surface area contributed by atoms with Crippen LogP contribution in [0.3, 0.4) is 0 Å². The number of hydrogen-bond acceptors (Lipinski definition) is 4. The van der Waals surface area contributed by atoms with Crippen molar-refractivity contribution in [2.45, 2.75) is 57.1 Å². The second-order valence-corrected chi connectivity index (χ2v) is 5.60. The minimum absolute atomic E-state index is 0.0886. The maximum atomic E-state index is 10.2. The molecule has 0 saturated heterocycles. The lowest BCUT2D eigenvalue weighted by molar-refractivity contribution is 0.0215. The van der Waals surface area contributed by atoms with Crippen molar-refractivity contribution in [3.05, 3.63) is 0 Å². The van der Waals surface area contributed by atoms with Crippen molar-refractivity contribution in [1.82, 2.24) is 5.32 Å². The van der Waals surface area contributed by atoms with Crippen LogP contribution in [-0.4, -0.2) is 37.0 Å². The summed E-state index contributed by atoms with van der Waals surface area (Å²) in [5, 5.41) is 22.7. The highest BCUT2D eigenvalue weighted by Crippen LogP contribution is 2.23. The summed E-state index contributed by atoms with van der Waals surface area (Å²) >= 11 is 0. The quantitative estimate of drug-likeness (QED) is 0.710. The first-order valence-electron chi connectivity index (χ1n) is 6.93. The highest BCUT2D eigenvalue weighted by Gasteiger charge is 2.26. The fraction of sp³-hybridized carbons (Fsp3) is 0.929. The maximum Gasteiger partial charge on any atom is 0.0765 e. The molecule has 0 aromatic heterocycles. The van der Waals surface area contributed by atoms with E-state index in [1.807, 2.05) is 6.92 Å². The molecule has 1 rings (SSSR count). The molecule has 0 aromatic carbocycles. The molecule has 4 nitrogen and oxygen atoms in total. The van der Waals surface area contributed by atoms with Gasteiger partial charge in [0.1, 0.15) is 0 Å². The van der Waals surface area contributed by atoms with Gasteiger partial charge in [0.15, 0.2) is 0 Å². The number of methoxy groups -OCH3 is 1. The predicted molar refractivity (Wildman–Crippen MR) is 71.1 cm³/mol. The first-order chi connectivity index (χ1) is 8.59. The average Bonchev–Trinajstić information content (AvgIpc) is 2.59. The third kappa shape index (κ3) is 5.34. The van der Waals surface area contributed by atoms with Gasteiger partial charge in [0.05, 0.1) is 17.6 Å². The molecule has 104 valence electrons. The maximum absolute atomic E-state index is 10.2. The third-order valence-corrected chi connectivity index (χ3v) is 3.77. The van der Waals surface area contributed by atoms with E-state index in [4.69, 9.17) is 4.74 Å². The minimum Gasteiger partial charge on any atom is -0.389 e. The van der Waals surface area contributed by atoms with Crippen LogP contribution >= 0.6 is 0 Å². The van der Waals surface area contributed by atoms with E-state index < -0.39 is 5.60 Å². The zero-order chi connectivity index (χ0) is 13.4. The molecule has 2 N–H and O–H groups in total. The molecule has 3 atom stereocenters. The summed E-state index contributed by atoms with van der Waals surface area (Å²) in [6, 6.07) is 2.63. The SMILES string of the molecule is COCCC(C)(O)CNC1CCCCCC1C#N. The van der Waals surface area contributed by atoms with E-state index in [1.54, 1.807) is 7.11 Å². The van der Waals surface area contributed by atoms with Gasteiger partial charge in [0.25, 0.3) is 0 Å². The largest absolute Gasteiger partial charge is 0.389 e. The molecule has 0 bridgehead atoms. The van der Waals surface area contributed by atoms with E-state index in [1.165, 1.54) is 12.8 Å². The molecular weight excluding hydrogens is 228 g/mol. The van der Waals surface area contributed by atoms with Gasteiger partial charge in [-0.1, -0.05) is 19.3 Å². The number of hydrogen-bond donors (Lipinski definition) is 2. The molecule has 1 aliphatic rings. The Morgan fingerprint density at radius 1 is 1.39 bits per heavy atom. The minimum atomic E-state index is -0.762. The summed E-state index contributed by atoms with van der Waals surface area (Å²) in [6.45, 7) is 2.90. The Balaban J connectivity index is 2.42. The summed E-state index contributed by atoms with van der Waals surface area (Å²) in [6.07, 6.45) is 6.18. The van der Waals surface area contributed by atoms with Crippen LogP contribution in [0, 0.1) is 17.2 Å². The summed E-state index contributed by atoms with van der Waals surface area (Å²) in [4.78, 5) is 0. The Bertz CT molecular complexity index is 273. The van der Waals surface area contributed by atoms with Gasteiger partial charge in [-0.15, -0.1) is 0 Å². The van der Waals surface area contributed by atoms with Crippen molar-refractivity contribution in [3.8, 4) is 6.07 Å². The van der Waals surface area contributed by atoms with Gasteiger partial charge >= 0.3 is 0 Å². The van der Waals surface area contributed by atoms with E-state index in [9.17, 15) is 10.4 Å². The lowest BCUT2D eigenvalue weighted by Gasteiger charge is -2.28. The molecule has 1 aliphatic carbocycles. The number of aliphatic hydroxyl groups is 1. The fourth-order valence-electron chi connectivity index (χ4n) is 2.47. The molecule has 0 spiro atoms. The van der Waals surface area contributed by atoms with E-state index in [0.717, 1.165) is 19.3 Å². The van der Waals surface area contributed by atoms with Crippen LogP contribution in [0.15, 0.2) is 0 Å². The van der Waals surface area contributed by atoms with Crippen molar-refractivity contribution in [2.75, 3.05) is 20.3 Å². The molecule has 1 fully saturated rings. The van der Waals surface area contributed by atoms with Crippen LogP contribution in [-0.2, 0) is 4.74 Å². The monoisotopic (exact) mass is 254 g/mol. The van der Waals surface area contributed by atoms with Crippen molar-refractivity contribution < 1.29 is 9.84 Å². The zero-order valence-corrected chi connectivity index (χ0v) is 11.6. The van der Waals surface area contributed by atoms with Crippen LogP contribution in [0.25, 0.3) is 0 Å². The highest BCUT2D eigenvalue weighted by atomic mass is 16.5. The molecule has 4 heteroatoms. The van der Waals surface area contributed by atoms with E-state index >= 15 is 0 Å². The number of rotatable bonds is 6. The molecular formula is C14H26N2O2. The van der Waals surface area contributed by atoms with Crippen LogP contribution in [0.5, 0.6) is 0 Å². The lowest BCUT2D eigenvalue weighted by atomic mass is 9.94. The van der Waals surface area contributed by atoms with Crippen molar-refractivity contribution in [2.24, 2.45) is 5.92 Å². The van der Waals surface area contributed by atoms with Crippen molar-refractivity contribution in [3.63, 3.8) is 0 Å². The summed E-state index contributed by atoms with van der Waals surface area (Å²) in [7, 11) is 1.64. The van der Waals surface area contributed by atoms with Crippen LogP contribution < -0.4 is 5.32 Å². The Hall–Kier alpha value is -0.630. The first kappa shape index (κ1) is 15.4. The zero-order valence-electron chi connectivity index (χ0n) is 11.6.